The summed E-state index contributed by atoms with van der Waals surface area (Å²) in [7, 11) is 0. The first-order valence-electron chi connectivity index (χ1n) is 7.31. The third-order valence-electron chi connectivity index (χ3n) is 3.57. The number of hydrogen-bond donors (Lipinski definition) is 2. The van der Waals surface area contributed by atoms with E-state index in [1.807, 2.05) is 42.5 Å². The molecule has 0 atom stereocenters. The third kappa shape index (κ3) is 3.61. The molecule has 1 aromatic heterocycles. The van der Waals surface area contributed by atoms with Crippen molar-refractivity contribution in [1.82, 2.24) is 15.3 Å². The van der Waals surface area contributed by atoms with E-state index in [0.717, 1.165) is 41.8 Å². The van der Waals surface area contributed by atoms with Crippen LogP contribution in [0.2, 0.25) is 10.0 Å². The second-order valence-corrected chi connectivity index (χ2v) is 6.00. The Bertz CT molecular complexity index is 714. The molecule has 2 N–H and O–H groups in total. The first kappa shape index (κ1) is 15.3. The summed E-state index contributed by atoms with van der Waals surface area (Å²) >= 11 is 12.3. The Morgan fingerprint density at radius 2 is 1.77 bits per heavy atom. The van der Waals surface area contributed by atoms with Gasteiger partial charge in [-0.15, -0.1) is 0 Å². The van der Waals surface area contributed by atoms with E-state index in [4.69, 9.17) is 23.2 Å². The number of benzene rings is 2. The van der Waals surface area contributed by atoms with Crippen LogP contribution in [-0.4, -0.2) is 16.5 Å². The monoisotopic (exact) mass is 333 g/mol. The van der Waals surface area contributed by atoms with Gasteiger partial charge in [-0.1, -0.05) is 41.4 Å². The van der Waals surface area contributed by atoms with Gasteiger partial charge in [-0.2, -0.15) is 0 Å². The topological polar surface area (TPSA) is 40.7 Å². The number of halogens is 2. The Balaban J connectivity index is 1.47. The van der Waals surface area contributed by atoms with Crippen molar-refractivity contribution in [2.45, 2.75) is 19.4 Å². The molecule has 0 radical (unpaired) electrons. The summed E-state index contributed by atoms with van der Waals surface area (Å²) in [4.78, 5) is 7.91. The first-order chi connectivity index (χ1) is 10.7. The van der Waals surface area contributed by atoms with Crippen molar-refractivity contribution in [3.05, 3.63) is 63.9 Å². The number of aromatic nitrogens is 2. The highest BCUT2D eigenvalue weighted by Crippen LogP contribution is 2.23. The van der Waals surface area contributed by atoms with Crippen molar-refractivity contribution in [3.8, 4) is 0 Å². The van der Waals surface area contributed by atoms with Gasteiger partial charge < -0.3 is 10.3 Å². The summed E-state index contributed by atoms with van der Waals surface area (Å²) in [5.41, 5.74) is 3.07. The zero-order chi connectivity index (χ0) is 15.4. The largest absolute Gasteiger partial charge is 0.342 e. The summed E-state index contributed by atoms with van der Waals surface area (Å²) in [5, 5.41) is 4.79. The fourth-order valence-corrected chi connectivity index (χ4v) is 2.95. The van der Waals surface area contributed by atoms with Gasteiger partial charge in [0, 0.05) is 28.6 Å². The predicted molar refractivity (Wildman–Crippen MR) is 92.6 cm³/mol. The highest BCUT2D eigenvalue weighted by molar-refractivity contribution is 6.35. The zero-order valence-corrected chi connectivity index (χ0v) is 13.6. The van der Waals surface area contributed by atoms with Gasteiger partial charge in [0.2, 0.25) is 0 Å². The normalized spacial score (nSPS) is 11.2. The van der Waals surface area contributed by atoms with E-state index in [0.29, 0.717) is 16.6 Å². The van der Waals surface area contributed by atoms with Crippen molar-refractivity contribution < 1.29 is 0 Å². The lowest BCUT2D eigenvalue weighted by atomic mass is 10.2. The van der Waals surface area contributed by atoms with Gasteiger partial charge in [0.1, 0.15) is 5.82 Å². The van der Waals surface area contributed by atoms with Crippen LogP contribution in [0.15, 0.2) is 42.5 Å². The van der Waals surface area contributed by atoms with Crippen molar-refractivity contribution in [2.75, 3.05) is 6.54 Å². The van der Waals surface area contributed by atoms with E-state index in [2.05, 4.69) is 15.3 Å². The fraction of sp³-hybridized carbons (Fsp3) is 0.235. The minimum Gasteiger partial charge on any atom is -0.342 e. The molecule has 0 amide bonds. The van der Waals surface area contributed by atoms with Crippen LogP contribution in [0.4, 0.5) is 0 Å². The first-order valence-corrected chi connectivity index (χ1v) is 8.07. The third-order valence-corrected chi connectivity index (χ3v) is 4.28. The van der Waals surface area contributed by atoms with Crippen LogP contribution in [-0.2, 0) is 13.0 Å². The highest BCUT2D eigenvalue weighted by atomic mass is 35.5. The van der Waals surface area contributed by atoms with Crippen LogP contribution in [0.5, 0.6) is 0 Å². The Hall–Kier alpha value is -1.55. The molecule has 0 fully saturated rings. The van der Waals surface area contributed by atoms with Gasteiger partial charge in [-0.25, -0.2) is 4.98 Å². The molecule has 3 rings (SSSR count). The number of H-pyrrole nitrogens is 1. The molecule has 0 aliphatic carbocycles. The molecular formula is C17H17Cl2N3. The Morgan fingerprint density at radius 3 is 2.55 bits per heavy atom. The fourth-order valence-electron chi connectivity index (χ4n) is 2.42. The summed E-state index contributed by atoms with van der Waals surface area (Å²) in [6.45, 7) is 1.57. The van der Waals surface area contributed by atoms with Crippen molar-refractivity contribution in [3.63, 3.8) is 0 Å². The number of nitrogens with one attached hydrogen (secondary N) is 2. The molecule has 5 heteroatoms. The van der Waals surface area contributed by atoms with Crippen LogP contribution >= 0.6 is 23.2 Å². The molecular weight excluding hydrogens is 317 g/mol. The van der Waals surface area contributed by atoms with Gasteiger partial charge in [-0.05, 0) is 37.2 Å². The van der Waals surface area contributed by atoms with E-state index < -0.39 is 0 Å². The Morgan fingerprint density at radius 1 is 1.00 bits per heavy atom. The lowest BCUT2D eigenvalue weighted by molar-refractivity contribution is 0.642. The molecule has 3 aromatic rings. The van der Waals surface area contributed by atoms with E-state index in [9.17, 15) is 0 Å². The molecule has 0 aliphatic rings. The molecule has 0 aliphatic heterocycles. The smallest absolute Gasteiger partial charge is 0.107 e. The van der Waals surface area contributed by atoms with E-state index in [-0.39, 0.29) is 0 Å². The number of fused-ring (bicyclic) bond motifs is 1. The predicted octanol–water partition coefficient (Wildman–Crippen LogP) is 4.59. The highest BCUT2D eigenvalue weighted by Gasteiger charge is 2.05. The SMILES string of the molecule is Clc1cccc(Cl)c1CNCCCc1nc2ccccc2[nH]1. The summed E-state index contributed by atoms with van der Waals surface area (Å²) in [5.74, 6) is 1.03. The standard InChI is InChI=1S/C17H17Cl2N3/c18-13-5-3-6-14(19)12(13)11-20-10-4-9-17-21-15-7-1-2-8-16(15)22-17/h1-3,5-8,20H,4,9-11H2,(H,21,22). The molecule has 2 aromatic carbocycles. The maximum Gasteiger partial charge on any atom is 0.107 e. The Labute approximate surface area is 139 Å². The van der Waals surface area contributed by atoms with Crippen LogP contribution in [0.1, 0.15) is 17.8 Å². The van der Waals surface area contributed by atoms with Crippen LogP contribution in [0.3, 0.4) is 0 Å². The number of aryl methyl sites for hydroxylation is 1. The van der Waals surface area contributed by atoms with Crippen molar-refractivity contribution in [1.29, 1.82) is 0 Å². The van der Waals surface area contributed by atoms with E-state index in [1.54, 1.807) is 0 Å². The second kappa shape index (κ2) is 7.14. The van der Waals surface area contributed by atoms with Crippen LogP contribution in [0, 0.1) is 0 Å². The number of aromatic amines is 1. The molecule has 0 spiro atoms. The van der Waals surface area contributed by atoms with E-state index in [1.165, 1.54) is 0 Å². The van der Waals surface area contributed by atoms with Gasteiger partial charge >= 0.3 is 0 Å². The average Bonchev–Trinajstić information content (AvgIpc) is 2.92. The molecule has 1 heterocycles. The molecule has 0 unspecified atom stereocenters. The molecule has 0 bridgehead atoms. The molecule has 114 valence electrons. The van der Waals surface area contributed by atoms with Gasteiger partial charge in [-0.3, -0.25) is 0 Å². The second-order valence-electron chi connectivity index (χ2n) is 5.18. The zero-order valence-electron chi connectivity index (χ0n) is 12.1. The average molecular weight is 334 g/mol. The lowest BCUT2D eigenvalue weighted by Gasteiger charge is -2.08. The van der Waals surface area contributed by atoms with Crippen LogP contribution in [0.25, 0.3) is 11.0 Å². The number of rotatable bonds is 6. The minimum atomic E-state index is 0.679. The van der Waals surface area contributed by atoms with Crippen LogP contribution < -0.4 is 5.32 Å². The number of hydrogen-bond acceptors (Lipinski definition) is 2. The molecule has 0 saturated heterocycles. The minimum absolute atomic E-state index is 0.679. The molecule has 0 saturated carbocycles. The summed E-state index contributed by atoms with van der Waals surface area (Å²) in [6.07, 6.45) is 1.92. The quantitative estimate of drug-likeness (QED) is 0.647. The number of para-hydroxylation sites is 2. The van der Waals surface area contributed by atoms with Crippen molar-refractivity contribution >= 4 is 34.2 Å². The number of nitrogens with zero attached hydrogens (tertiary/aromatic N) is 1. The molecule has 22 heavy (non-hydrogen) atoms. The number of imidazole rings is 1. The summed E-state index contributed by atoms with van der Waals surface area (Å²) in [6, 6.07) is 13.7. The van der Waals surface area contributed by atoms with Gasteiger partial charge in [0.05, 0.1) is 11.0 Å². The summed E-state index contributed by atoms with van der Waals surface area (Å²) < 4.78 is 0. The molecule has 3 nitrogen and oxygen atoms in total. The van der Waals surface area contributed by atoms with Crippen molar-refractivity contribution in [2.24, 2.45) is 0 Å². The maximum atomic E-state index is 6.14. The van der Waals surface area contributed by atoms with Gasteiger partial charge in [0.25, 0.3) is 0 Å². The lowest BCUT2D eigenvalue weighted by Crippen LogP contribution is -2.16. The van der Waals surface area contributed by atoms with Gasteiger partial charge in [0.15, 0.2) is 0 Å². The Kier molecular flexibility index (Phi) is 4.98. The maximum absolute atomic E-state index is 6.14. The van der Waals surface area contributed by atoms with E-state index >= 15 is 0 Å².